The number of halogens is 1. The van der Waals surface area contributed by atoms with E-state index in [1.807, 2.05) is 31.2 Å². The first-order valence-electron chi connectivity index (χ1n) is 8.56. The third-order valence-electron chi connectivity index (χ3n) is 4.23. The summed E-state index contributed by atoms with van der Waals surface area (Å²) in [6.45, 7) is 4.60. The number of fused-ring (bicyclic) bond motifs is 1. The van der Waals surface area contributed by atoms with Gasteiger partial charge in [0.1, 0.15) is 4.83 Å². The second-order valence-corrected chi connectivity index (χ2v) is 8.06. The molecule has 1 aromatic carbocycles. The molecule has 1 N–H and O–H groups in total. The molecule has 0 atom stereocenters. The monoisotopic (exact) mass is 433 g/mol. The molecular formula is C19H20BrN3O2S. The minimum atomic E-state index is -0.218. The molecule has 0 aliphatic carbocycles. The second-order valence-electron chi connectivity index (χ2n) is 6.15. The van der Waals surface area contributed by atoms with Crippen LogP contribution >= 0.6 is 27.3 Å². The number of thiophene rings is 1. The van der Waals surface area contributed by atoms with Crippen LogP contribution in [0.2, 0.25) is 0 Å². The number of nitrogens with one attached hydrogen (secondary N) is 1. The molecule has 136 valence electrons. The summed E-state index contributed by atoms with van der Waals surface area (Å²) in [4.78, 5) is 31.0. The van der Waals surface area contributed by atoms with E-state index in [9.17, 15) is 9.59 Å². The van der Waals surface area contributed by atoms with Gasteiger partial charge in [-0.25, -0.2) is 4.98 Å². The van der Waals surface area contributed by atoms with Crippen molar-refractivity contribution in [1.82, 2.24) is 9.55 Å². The van der Waals surface area contributed by atoms with E-state index in [2.05, 4.69) is 33.2 Å². The summed E-state index contributed by atoms with van der Waals surface area (Å²) in [5.74, 6) is -0.218. The summed E-state index contributed by atoms with van der Waals surface area (Å²) in [5, 5.41) is 3.43. The lowest BCUT2D eigenvalue weighted by molar-refractivity contribution is 0.103. The Hall–Kier alpha value is -1.99. The Morgan fingerprint density at radius 2 is 2.00 bits per heavy atom. The van der Waals surface area contributed by atoms with Crippen LogP contribution in [-0.2, 0) is 6.54 Å². The van der Waals surface area contributed by atoms with Crippen LogP contribution in [0.3, 0.4) is 0 Å². The van der Waals surface area contributed by atoms with E-state index < -0.39 is 0 Å². The maximum absolute atomic E-state index is 12.8. The van der Waals surface area contributed by atoms with Gasteiger partial charge < -0.3 is 5.32 Å². The highest BCUT2D eigenvalue weighted by atomic mass is 79.9. The zero-order valence-electron chi connectivity index (χ0n) is 14.7. The number of nitrogens with zero attached hydrogens (tertiary/aromatic N) is 2. The molecule has 3 aromatic rings. The highest BCUT2D eigenvalue weighted by Crippen LogP contribution is 2.28. The second kappa shape index (κ2) is 8.14. The molecule has 0 spiro atoms. The summed E-state index contributed by atoms with van der Waals surface area (Å²) >= 11 is 4.63. The number of aryl methyl sites for hydroxylation is 2. The number of amides is 1. The highest BCUT2D eigenvalue weighted by Gasteiger charge is 2.19. The van der Waals surface area contributed by atoms with E-state index in [0.717, 1.165) is 23.7 Å². The minimum Gasteiger partial charge on any atom is -0.321 e. The Bertz CT molecular complexity index is 992. The summed E-state index contributed by atoms with van der Waals surface area (Å²) in [6.07, 6.45) is 4.71. The van der Waals surface area contributed by atoms with Gasteiger partial charge in [-0.15, -0.1) is 11.3 Å². The molecule has 0 fully saturated rings. The van der Waals surface area contributed by atoms with Crippen LogP contribution in [0.5, 0.6) is 0 Å². The van der Waals surface area contributed by atoms with Crippen LogP contribution < -0.4 is 10.9 Å². The maximum Gasteiger partial charge on any atom is 0.266 e. The fourth-order valence-corrected chi connectivity index (χ4v) is 4.09. The summed E-state index contributed by atoms with van der Waals surface area (Å²) in [5.41, 5.74) is 1.34. The zero-order chi connectivity index (χ0) is 18.7. The van der Waals surface area contributed by atoms with E-state index in [0.29, 0.717) is 32.9 Å². The lowest BCUT2D eigenvalue weighted by Crippen LogP contribution is -2.20. The zero-order valence-corrected chi connectivity index (χ0v) is 17.1. The molecule has 0 bridgehead atoms. The Morgan fingerprint density at radius 1 is 1.27 bits per heavy atom. The fourth-order valence-electron chi connectivity index (χ4n) is 2.79. The fraction of sp³-hybridized carbons (Fsp3) is 0.316. The molecular weight excluding hydrogens is 414 g/mol. The smallest absolute Gasteiger partial charge is 0.266 e. The van der Waals surface area contributed by atoms with Crippen molar-refractivity contribution in [3.63, 3.8) is 0 Å². The summed E-state index contributed by atoms with van der Waals surface area (Å²) in [7, 11) is 0. The number of benzene rings is 1. The van der Waals surface area contributed by atoms with E-state index in [-0.39, 0.29) is 11.5 Å². The van der Waals surface area contributed by atoms with Gasteiger partial charge in [-0.3, -0.25) is 14.2 Å². The van der Waals surface area contributed by atoms with Gasteiger partial charge in [0.25, 0.3) is 11.5 Å². The Morgan fingerprint density at radius 3 is 2.69 bits per heavy atom. The lowest BCUT2D eigenvalue weighted by atomic mass is 10.2. The predicted molar refractivity (Wildman–Crippen MR) is 110 cm³/mol. The summed E-state index contributed by atoms with van der Waals surface area (Å²) < 4.78 is 2.59. The number of hydrogen-bond donors (Lipinski definition) is 1. The quantitative estimate of drug-likeness (QED) is 0.557. The largest absolute Gasteiger partial charge is 0.321 e. The third-order valence-corrected chi connectivity index (χ3v) is 5.96. The van der Waals surface area contributed by atoms with Crippen molar-refractivity contribution in [3.05, 3.63) is 55.9 Å². The molecule has 0 aliphatic heterocycles. The number of carbonyl (C=O) groups excluding carboxylic acids is 1. The van der Waals surface area contributed by atoms with Crippen molar-refractivity contribution in [1.29, 1.82) is 0 Å². The molecule has 5 nitrogen and oxygen atoms in total. The van der Waals surface area contributed by atoms with Crippen molar-refractivity contribution < 1.29 is 4.79 Å². The maximum atomic E-state index is 12.8. The number of hydrogen-bond acceptors (Lipinski definition) is 4. The predicted octanol–water partition coefficient (Wildman–Crippen LogP) is 4.97. The molecule has 7 heteroatoms. The molecule has 0 saturated heterocycles. The van der Waals surface area contributed by atoms with Crippen molar-refractivity contribution in [2.45, 2.75) is 39.7 Å². The number of anilines is 1. The number of carbonyl (C=O) groups is 1. The minimum absolute atomic E-state index is 0.0671. The van der Waals surface area contributed by atoms with Gasteiger partial charge in [0.2, 0.25) is 0 Å². The molecule has 3 rings (SSSR count). The van der Waals surface area contributed by atoms with Gasteiger partial charge in [0.15, 0.2) is 0 Å². The third kappa shape index (κ3) is 3.88. The van der Waals surface area contributed by atoms with Gasteiger partial charge in [0.05, 0.1) is 16.6 Å². The molecule has 2 heterocycles. The molecule has 2 aromatic heterocycles. The molecule has 0 radical (unpaired) electrons. The standard InChI is InChI=1S/C19H20BrN3O2S/c1-3-4-5-10-23-11-21-18-15(19(23)25)12(2)16(26-18)17(24)22-14-8-6-13(20)7-9-14/h6-9,11H,3-5,10H2,1-2H3,(H,22,24). The van der Waals surface area contributed by atoms with Crippen LogP contribution in [0.25, 0.3) is 10.2 Å². The average molecular weight is 434 g/mol. The van der Waals surface area contributed by atoms with Crippen molar-refractivity contribution in [3.8, 4) is 0 Å². The van der Waals surface area contributed by atoms with E-state index in [1.54, 1.807) is 10.9 Å². The average Bonchev–Trinajstić information content (AvgIpc) is 2.97. The van der Waals surface area contributed by atoms with Gasteiger partial charge in [-0.1, -0.05) is 35.7 Å². The first-order chi connectivity index (χ1) is 12.5. The Balaban J connectivity index is 1.90. The topological polar surface area (TPSA) is 64.0 Å². The SMILES string of the molecule is CCCCCn1cnc2sc(C(=O)Nc3ccc(Br)cc3)c(C)c2c1=O. The van der Waals surface area contributed by atoms with Crippen molar-refractivity contribution in [2.24, 2.45) is 0 Å². The Kier molecular flexibility index (Phi) is 5.88. The van der Waals surface area contributed by atoms with Crippen LogP contribution in [0.15, 0.2) is 39.9 Å². The van der Waals surface area contributed by atoms with Crippen LogP contribution in [0.1, 0.15) is 41.4 Å². The van der Waals surface area contributed by atoms with Gasteiger partial charge >= 0.3 is 0 Å². The first-order valence-corrected chi connectivity index (χ1v) is 10.2. The molecule has 26 heavy (non-hydrogen) atoms. The van der Waals surface area contributed by atoms with Gasteiger partial charge in [-0.2, -0.15) is 0 Å². The highest BCUT2D eigenvalue weighted by molar-refractivity contribution is 9.10. The van der Waals surface area contributed by atoms with Crippen molar-refractivity contribution >= 4 is 49.1 Å². The van der Waals surface area contributed by atoms with Crippen LogP contribution in [0, 0.1) is 6.92 Å². The number of unbranched alkanes of at least 4 members (excludes halogenated alkanes) is 2. The molecule has 0 saturated carbocycles. The van der Waals surface area contributed by atoms with Gasteiger partial charge in [0, 0.05) is 16.7 Å². The molecule has 0 unspecified atom stereocenters. The number of rotatable bonds is 6. The number of aromatic nitrogens is 2. The van der Waals surface area contributed by atoms with Crippen LogP contribution in [-0.4, -0.2) is 15.5 Å². The van der Waals surface area contributed by atoms with E-state index >= 15 is 0 Å². The normalized spacial score (nSPS) is 11.0. The van der Waals surface area contributed by atoms with Crippen LogP contribution in [0.4, 0.5) is 5.69 Å². The Labute approximate surface area is 164 Å². The van der Waals surface area contributed by atoms with E-state index in [1.165, 1.54) is 11.3 Å². The molecule has 0 aliphatic rings. The lowest BCUT2D eigenvalue weighted by Gasteiger charge is -2.05. The van der Waals surface area contributed by atoms with Gasteiger partial charge in [-0.05, 0) is 43.2 Å². The van der Waals surface area contributed by atoms with E-state index in [4.69, 9.17) is 0 Å². The van der Waals surface area contributed by atoms with Crippen molar-refractivity contribution in [2.75, 3.05) is 5.32 Å². The summed E-state index contributed by atoms with van der Waals surface area (Å²) in [6, 6.07) is 7.38. The first kappa shape index (κ1) is 18.8. The molecule has 1 amide bonds.